The number of ether oxygens (including phenoxy) is 1. The van der Waals surface area contributed by atoms with Gasteiger partial charge in [0.15, 0.2) is 0 Å². The Morgan fingerprint density at radius 2 is 2.19 bits per heavy atom. The van der Waals surface area contributed by atoms with Crippen molar-refractivity contribution < 1.29 is 4.74 Å². The summed E-state index contributed by atoms with van der Waals surface area (Å²) in [5.74, 6) is 0.597. The Kier molecular flexibility index (Phi) is 4.20. The Bertz CT molecular complexity index is 589. The van der Waals surface area contributed by atoms with Gasteiger partial charge in [0.1, 0.15) is 0 Å². The zero-order chi connectivity index (χ0) is 14.7. The summed E-state index contributed by atoms with van der Waals surface area (Å²) in [6.07, 6.45) is 9.59. The van der Waals surface area contributed by atoms with Gasteiger partial charge in [-0.1, -0.05) is 18.9 Å². The first-order valence-corrected chi connectivity index (χ1v) is 7.56. The Labute approximate surface area is 125 Å². The quantitative estimate of drug-likeness (QED) is 0.917. The average molecular weight is 286 g/mol. The molecule has 0 aliphatic heterocycles. The van der Waals surface area contributed by atoms with Crippen molar-refractivity contribution in [3.8, 4) is 5.88 Å². The molecule has 2 N–H and O–H groups in total. The summed E-state index contributed by atoms with van der Waals surface area (Å²) in [6.45, 7) is 0. The topological polar surface area (TPSA) is 66.0 Å². The fourth-order valence-corrected chi connectivity index (χ4v) is 3.05. The molecule has 1 aliphatic carbocycles. The molecule has 0 saturated heterocycles. The molecule has 2 heterocycles. The molecule has 5 nitrogen and oxygen atoms in total. The first-order valence-electron chi connectivity index (χ1n) is 7.56. The van der Waals surface area contributed by atoms with E-state index in [1.165, 1.54) is 25.7 Å². The summed E-state index contributed by atoms with van der Waals surface area (Å²) in [7, 11) is 1.62. The van der Waals surface area contributed by atoms with Gasteiger partial charge in [0, 0.05) is 30.4 Å². The maximum absolute atomic E-state index is 6.30. The maximum atomic E-state index is 6.30. The molecule has 0 amide bonds. The minimum atomic E-state index is -0.152. The van der Waals surface area contributed by atoms with Crippen LogP contribution >= 0.6 is 0 Å². The van der Waals surface area contributed by atoms with Crippen molar-refractivity contribution in [3.05, 3.63) is 41.9 Å². The van der Waals surface area contributed by atoms with E-state index in [0.717, 1.165) is 11.3 Å². The van der Waals surface area contributed by atoms with E-state index in [0.29, 0.717) is 18.3 Å². The Balaban J connectivity index is 1.71. The third kappa shape index (κ3) is 3.08. The first kappa shape index (κ1) is 14.1. The molecule has 1 atom stereocenters. The normalized spacial score (nSPS) is 17.0. The number of nitrogens with two attached hydrogens (primary N) is 1. The number of hydrogen-bond acceptors (Lipinski definition) is 4. The molecule has 5 heteroatoms. The molecule has 0 aromatic carbocycles. The highest BCUT2D eigenvalue weighted by atomic mass is 16.5. The van der Waals surface area contributed by atoms with E-state index < -0.39 is 0 Å². The minimum absolute atomic E-state index is 0.152. The van der Waals surface area contributed by atoms with Gasteiger partial charge in [-0.2, -0.15) is 5.10 Å². The van der Waals surface area contributed by atoms with Crippen molar-refractivity contribution in [2.45, 2.75) is 44.2 Å². The predicted molar refractivity (Wildman–Crippen MR) is 81.2 cm³/mol. The number of aromatic nitrogens is 3. The van der Waals surface area contributed by atoms with Crippen molar-refractivity contribution >= 4 is 0 Å². The van der Waals surface area contributed by atoms with E-state index >= 15 is 0 Å². The summed E-state index contributed by atoms with van der Waals surface area (Å²) in [5, 5.41) is 4.69. The zero-order valence-electron chi connectivity index (χ0n) is 12.4. The summed E-state index contributed by atoms with van der Waals surface area (Å²) in [5.41, 5.74) is 8.25. The Morgan fingerprint density at radius 3 is 2.95 bits per heavy atom. The van der Waals surface area contributed by atoms with E-state index in [-0.39, 0.29) is 6.04 Å². The number of rotatable bonds is 5. The van der Waals surface area contributed by atoms with Crippen molar-refractivity contribution in [2.24, 2.45) is 5.73 Å². The third-order valence-corrected chi connectivity index (χ3v) is 4.18. The second kappa shape index (κ2) is 6.26. The highest BCUT2D eigenvalue weighted by Crippen LogP contribution is 2.29. The number of methoxy groups -OCH3 is 1. The molecule has 0 spiro atoms. The molecular formula is C16H22N4O. The SMILES string of the molecule is COc1ncccc1C(N)Cc1ccn(C2CCCC2)n1. The first-order chi connectivity index (χ1) is 10.3. The van der Waals surface area contributed by atoms with Crippen molar-refractivity contribution in [2.75, 3.05) is 7.11 Å². The predicted octanol–water partition coefficient (Wildman–Crippen LogP) is 2.64. The van der Waals surface area contributed by atoms with Crippen LogP contribution in [0.1, 0.15) is 49.0 Å². The Hall–Kier alpha value is -1.88. The molecule has 1 aliphatic rings. The lowest BCUT2D eigenvalue weighted by Crippen LogP contribution is -2.16. The lowest BCUT2D eigenvalue weighted by Gasteiger charge is -2.13. The number of hydrogen-bond donors (Lipinski definition) is 1. The highest BCUT2D eigenvalue weighted by Gasteiger charge is 2.19. The number of nitrogens with zero attached hydrogens (tertiary/aromatic N) is 3. The summed E-state index contributed by atoms with van der Waals surface area (Å²) < 4.78 is 7.38. The second-order valence-corrected chi connectivity index (χ2v) is 5.64. The van der Waals surface area contributed by atoms with Crippen LogP contribution < -0.4 is 10.5 Å². The van der Waals surface area contributed by atoms with E-state index in [9.17, 15) is 0 Å². The fourth-order valence-electron chi connectivity index (χ4n) is 3.05. The molecule has 2 aromatic heterocycles. The monoisotopic (exact) mass is 286 g/mol. The average Bonchev–Trinajstić information content (AvgIpc) is 3.17. The molecule has 1 unspecified atom stereocenters. The van der Waals surface area contributed by atoms with Crippen LogP contribution in [0.25, 0.3) is 0 Å². The van der Waals surface area contributed by atoms with E-state index in [1.54, 1.807) is 13.3 Å². The summed E-state index contributed by atoms with van der Waals surface area (Å²) in [4.78, 5) is 4.20. The van der Waals surface area contributed by atoms with Gasteiger partial charge in [0.05, 0.1) is 18.8 Å². The van der Waals surface area contributed by atoms with Gasteiger partial charge in [0.25, 0.3) is 0 Å². The van der Waals surface area contributed by atoms with Crippen LogP contribution in [0.2, 0.25) is 0 Å². The molecule has 1 saturated carbocycles. The van der Waals surface area contributed by atoms with E-state index in [4.69, 9.17) is 10.5 Å². The van der Waals surface area contributed by atoms with Crippen LogP contribution in [0.5, 0.6) is 5.88 Å². The highest BCUT2D eigenvalue weighted by molar-refractivity contribution is 5.29. The minimum Gasteiger partial charge on any atom is -0.481 e. The van der Waals surface area contributed by atoms with Crippen molar-refractivity contribution in [1.29, 1.82) is 0 Å². The van der Waals surface area contributed by atoms with Gasteiger partial charge in [-0.05, 0) is 25.0 Å². The van der Waals surface area contributed by atoms with Crippen LogP contribution in [0.3, 0.4) is 0 Å². The van der Waals surface area contributed by atoms with Crippen LogP contribution in [0, 0.1) is 0 Å². The van der Waals surface area contributed by atoms with Crippen molar-refractivity contribution in [3.63, 3.8) is 0 Å². The molecule has 0 bridgehead atoms. The van der Waals surface area contributed by atoms with E-state index in [1.807, 2.05) is 12.1 Å². The van der Waals surface area contributed by atoms with Crippen LogP contribution in [-0.4, -0.2) is 21.9 Å². The largest absolute Gasteiger partial charge is 0.481 e. The summed E-state index contributed by atoms with van der Waals surface area (Å²) in [6, 6.07) is 6.34. The van der Waals surface area contributed by atoms with E-state index in [2.05, 4.69) is 27.0 Å². The molecule has 1 fully saturated rings. The molecule has 112 valence electrons. The van der Waals surface area contributed by atoms with Crippen LogP contribution in [0.15, 0.2) is 30.6 Å². The molecule has 2 aromatic rings. The zero-order valence-corrected chi connectivity index (χ0v) is 12.4. The molecule has 0 radical (unpaired) electrons. The van der Waals surface area contributed by atoms with Gasteiger partial charge in [-0.15, -0.1) is 0 Å². The molecule has 21 heavy (non-hydrogen) atoms. The van der Waals surface area contributed by atoms with Gasteiger partial charge < -0.3 is 10.5 Å². The standard InChI is InChI=1S/C16H22N4O/c1-21-16-14(7-4-9-18-16)15(17)11-12-8-10-20(19-12)13-5-2-3-6-13/h4,7-10,13,15H,2-3,5-6,11,17H2,1H3. The number of pyridine rings is 1. The summed E-state index contributed by atoms with van der Waals surface area (Å²) >= 11 is 0. The van der Waals surface area contributed by atoms with Gasteiger partial charge in [-0.3, -0.25) is 4.68 Å². The maximum Gasteiger partial charge on any atom is 0.217 e. The van der Waals surface area contributed by atoms with Gasteiger partial charge in [0.2, 0.25) is 5.88 Å². The van der Waals surface area contributed by atoms with Gasteiger partial charge in [-0.25, -0.2) is 4.98 Å². The lowest BCUT2D eigenvalue weighted by atomic mass is 10.0. The van der Waals surface area contributed by atoms with Crippen LogP contribution in [0.4, 0.5) is 0 Å². The molecule has 3 rings (SSSR count). The third-order valence-electron chi connectivity index (χ3n) is 4.18. The Morgan fingerprint density at radius 1 is 1.38 bits per heavy atom. The van der Waals surface area contributed by atoms with Crippen LogP contribution in [-0.2, 0) is 6.42 Å². The lowest BCUT2D eigenvalue weighted by molar-refractivity contribution is 0.388. The van der Waals surface area contributed by atoms with Gasteiger partial charge >= 0.3 is 0 Å². The van der Waals surface area contributed by atoms with Crippen molar-refractivity contribution in [1.82, 2.24) is 14.8 Å². The second-order valence-electron chi connectivity index (χ2n) is 5.64. The fraction of sp³-hybridized carbons (Fsp3) is 0.500. The molecular weight excluding hydrogens is 264 g/mol. The smallest absolute Gasteiger partial charge is 0.217 e.